The third-order valence-electron chi connectivity index (χ3n) is 4.40. The van der Waals surface area contributed by atoms with Crippen molar-refractivity contribution in [1.29, 1.82) is 0 Å². The molecule has 2 N–H and O–H groups in total. The number of benzene rings is 1. The van der Waals surface area contributed by atoms with Gasteiger partial charge in [0.1, 0.15) is 5.75 Å². The minimum Gasteiger partial charge on any atom is -0.496 e. The van der Waals surface area contributed by atoms with Gasteiger partial charge in [0.2, 0.25) is 0 Å². The summed E-state index contributed by atoms with van der Waals surface area (Å²) in [7, 11) is 1.39. The standard InChI is InChI=1S/C17H23N3O6/c1-11-5-3-4-6-13(11)18-17(22)19-16(21)10-26-15-8-7-12(25-2)9-14(15)20(23)24/h7-9,11,13H,3-6,10H2,1-2H3,(H2,18,19,21,22)/t11-,13+/m0/s1. The summed E-state index contributed by atoms with van der Waals surface area (Å²) in [5.74, 6) is -0.0966. The number of methoxy groups -OCH3 is 1. The van der Waals surface area contributed by atoms with E-state index >= 15 is 0 Å². The number of nitro groups is 1. The Labute approximate surface area is 151 Å². The van der Waals surface area contributed by atoms with Crippen LogP contribution in [0, 0.1) is 16.0 Å². The summed E-state index contributed by atoms with van der Waals surface area (Å²) in [5.41, 5.74) is -0.322. The van der Waals surface area contributed by atoms with Crippen LogP contribution in [0.5, 0.6) is 11.5 Å². The average molecular weight is 365 g/mol. The molecule has 0 radical (unpaired) electrons. The molecule has 1 saturated carbocycles. The highest BCUT2D eigenvalue weighted by atomic mass is 16.6. The third kappa shape index (κ3) is 5.33. The van der Waals surface area contributed by atoms with Gasteiger partial charge in [0.15, 0.2) is 12.4 Å². The average Bonchev–Trinajstić information content (AvgIpc) is 2.61. The molecule has 9 nitrogen and oxygen atoms in total. The predicted molar refractivity (Wildman–Crippen MR) is 93.2 cm³/mol. The van der Waals surface area contributed by atoms with Gasteiger partial charge in [0.05, 0.1) is 18.1 Å². The van der Waals surface area contributed by atoms with Crippen LogP contribution in [0.25, 0.3) is 0 Å². The van der Waals surface area contributed by atoms with Crippen molar-refractivity contribution < 1.29 is 24.0 Å². The molecule has 142 valence electrons. The molecule has 0 spiro atoms. The van der Waals surface area contributed by atoms with Gasteiger partial charge in [0, 0.05) is 6.04 Å². The highest BCUT2D eigenvalue weighted by molar-refractivity contribution is 5.95. The van der Waals surface area contributed by atoms with E-state index in [9.17, 15) is 19.7 Å². The molecule has 1 aliphatic carbocycles. The summed E-state index contributed by atoms with van der Waals surface area (Å²) in [6.07, 6.45) is 4.13. The quantitative estimate of drug-likeness (QED) is 0.590. The first-order valence-electron chi connectivity index (χ1n) is 8.46. The highest BCUT2D eigenvalue weighted by Gasteiger charge is 2.24. The third-order valence-corrected chi connectivity index (χ3v) is 4.40. The zero-order chi connectivity index (χ0) is 19.1. The van der Waals surface area contributed by atoms with Crippen molar-refractivity contribution in [2.45, 2.75) is 38.6 Å². The maximum atomic E-state index is 11.9. The number of carbonyl (C=O) groups is 2. The number of urea groups is 1. The Kier molecular flexibility index (Phi) is 6.76. The van der Waals surface area contributed by atoms with Gasteiger partial charge in [-0.1, -0.05) is 19.8 Å². The van der Waals surface area contributed by atoms with E-state index in [0.29, 0.717) is 11.7 Å². The van der Waals surface area contributed by atoms with Crippen LogP contribution in [0.15, 0.2) is 18.2 Å². The molecule has 0 heterocycles. The number of hydrogen-bond acceptors (Lipinski definition) is 6. The number of ether oxygens (including phenoxy) is 2. The molecule has 2 rings (SSSR count). The van der Waals surface area contributed by atoms with Crippen LogP contribution < -0.4 is 20.1 Å². The Hall–Kier alpha value is -2.84. The molecule has 3 amide bonds. The van der Waals surface area contributed by atoms with E-state index in [2.05, 4.69) is 17.6 Å². The Balaban J connectivity index is 1.86. The van der Waals surface area contributed by atoms with Gasteiger partial charge in [-0.2, -0.15) is 0 Å². The van der Waals surface area contributed by atoms with Crippen LogP contribution in [0.4, 0.5) is 10.5 Å². The summed E-state index contributed by atoms with van der Waals surface area (Å²) in [5, 5.41) is 16.0. The second kappa shape index (κ2) is 9.02. The van der Waals surface area contributed by atoms with Crippen molar-refractivity contribution in [2.75, 3.05) is 13.7 Å². The van der Waals surface area contributed by atoms with Crippen molar-refractivity contribution in [2.24, 2.45) is 5.92 Å². The summed E-state index contributed by atoms with van der Waals surface area (Å²) >= 11 is 0. The topological polar surface area (TPSA) is 120 Å². The van der Waals surface area contributed by atoms with E-state index in [1.807, 2.05) is 0 Å². The molecular weight excluding hydrogens is 342 g/mol. The van der Waals surface area contributed by atoms with Crippen LogP contribution in [0.3, 0.4) is 0 Å². The summed E-state index contributed by atoms with van der Waals surface area (Å²) < 4.78 is 10.1. The molecule has 1 aliphatic rings. The first-order valence-corrected chi connectivity index (χ1v) is 8.46. The molecule has 1 aromatic carbocycles. The monoisotopic (exact) mass is 365 g/mol. The van der Waals surface area contributed by atoms with Gasteiger partial charge in [-0.3, -0.25) is 20.2 Å². The van der Waals surface area contributed by atoms with Crippen molar-refractivity contribution in [3.05, 3.63) is 28.3 Å². The normalized spacial score (nSPS) is 19.3. The number of nitrogens with one attached hydrogen (secondary N) is 2. The fourth-order valence-electron chi connectivity index (χ4n) is 2.93. The Bertz CT molecular complexity index is 678. The lowest BCUT2D eigenvalue weighted by Crippen LogP contribution is -2.48. The molecular formula is C17H23N3O6. The van der Waals surface area contributed by atoms with E-state index in [4.69, 9.17) is 9.47 Å². The maximum absolute atomic E-state index is 11.9. The SMILES string of the molecule is COc1ccc(OCC(=O)NC(=O)N[C@@H]2CCCC[C@@H]2C)c([N+](=O)[O-])c1. The first-order chi connectivity index (χ1) is 12.4. The Morgan fingerprint density at radius 2 is 2.04 bits per heavy atom. The van der Waals surface area contributed by atoms with Crippen molar-refractivity contribution in [3.63, 3.8) is 0 Å². The lowest BCUT2D eigenvalue weighted by atomic mass is 9.86. The lowest BCUT2D eigenvalue weighted by Gasteiger charge is -2.29. The molecule has 0 aromatic heterocycles. The largest absolute Gasteiger partial charge is 0.496 e. The predicted octanol–water partition coefficient (Wildman–Crippen LogP) is 2.39. The van der Waals surface area contributed by atoms with Gasteiger partial charge in [-0.25, -0.2) is 4.79 Å². The number of rotatable bonds is 6. The molecule has 0 saturated heterocycles. The molecule has 2 atom stereocenters. The molecule has 1 aromatic rings. The number of imide groups is 1. The van der Waals surface area contributed by atoms with E-state index in [1.165, 1.54) is 25.3 Å². The number of amides is 3. The molecule has 0 aliphatic heterocycles. The fourth-order valence-corrected chi connectivity index (χ4v) is 2.93. The summed E-state index contributed by atoms with van der Waals surface area (Å²) in [4.78, 5) is 34.2. The first kappa shape index (κ1) is 19.5. The lowest BCUT2D eigenvalue weighted by molar-refractivity contribution is -0.385. The van der Waals surface area contributed by atoms with Crippen molar-refractivity contribution in [3.8, 4) is 11.5 Å². The highest BCUT2D eigenvalue weighted by Crippen LogP contribution is 2.30. The minimum atomic E-state index is -0.684. The fraction of sp³-hybridized carbons (Fsp3) is 0.529. The number of carbonyl (C=O) groups excluding carboxylic acids is 2. The molecule has 0 bridgehead atoms. The Morgan fingerprint density at radius 3 is 2.69 bits per heavy atom. The molecule has 9 heteroatoms. The van der Waals surface area contributed by atoms with E-state index in [0.717, 1.165) is 25.7 Å². The number of nitrogens with zero attached hydrogens (tertiary/aromatic N) is 1. The Morgan fingerprint density at radius 1 is 1.31 bits per heavy atom. The van der Waals surface area contributed by atoms with Crippen LogP contribution in [-0.2, 0) is 4.79 Å². The number of hydrogen-bond donors (Lipinski definition) is 2. The van der Waals surface area contributed by atoms with E-state index in [1.54, 1.807) is 0 Å². The number of nitro benzene ring substituents is 1. The van der Waals surface area contributed by atoms with Crippen LogP contribution >= 0.6 is 0 Å². The summed E-state index contributed by atoms with van der Waals surface area (Å²) in [6.45, 7) is 1.55. The second-order valence-corrected chi connectivity index (χ2v) is 6.27. The zero-order valence-electron chi connectivity index (χ0n) is 14.8. The molecule has 1 fully saturated rings. The van der Waals surface area contributed by atoms with Gasteiger partial charge < -0.3 is 14.8 Å². The van der Waals surface area contributed by atoms with E-state index in [-0.39, 0.29) is 17.5 Å². The van der Waals surface area contributed by atoms with Crippen LogP contribution in [-0.4, -0.2) is 36.6 Å². The van der Waals surface area contributed by atoms with Gasteiger partial charge in [-0.15, -0.1) is 0 Å². The molecule has 0 unspecified atom stereocenters. The minimum absolute atomic E-state index is 0.0418. The van der Waals surface area contributed by atoms with Gasteiger partial charge in [-0.05, 0) is 30.9 Å². The smallest absolute Gasteiger partial charge is 0.321 e. The maximum Gasteiger partial charge on any atom is 0.321 e. The van der Waals surface area contributed by atoms with Crippen molar-refractivity contribution >= 4 is 17.6 Å². The van der Waals surface area contributed by atoms with Crippen LogP contribution in [0.2, 0.25) is 0 Å². The zero-order valence-corrected chi connectivity index (χ0v) is 14.8. The second-order valence-electron chi connectivity index (χ2n) is 6.27. The van der Waals surface area contributed by atoms with Gasteiger partial charge >= 0.3 is 11.7 Å². The molecule has 26 heavy (non-hydrogen) atoms. The van der Waals surface area contributed by atoms with Crippen molar-refractivity contribution in [1.82, 2.24) is 10.6 Å². The van der Waals surface area contributed by atoms with Gasteiger partial charge in [0.25, 0.3) is 5.91 Å². The van der Waals surface area contributed by atoms with Crippen LogP contribution in [0.1, 0.15) is 32.6 Å². The summed E-state index contributed by atoms with van der Waals surface area (Å²) in [6, 6.07) is 3.48. The van der Waals surface area contributed by atoms with E-state index < -0.39 is 23.5 Å².